The number of halogens is 2. The van der Waals surface area contributed by atoms with Crippen LogP contribution in [0, 0.1) is 3.57 Å². The number of hydrogen-bond donors (Lipinski definition) is 0. The van der Waals surface area contributed by atoms with Gasteiger partial charge in [0.25, 0.3) is 0 Å². The highest BCUT2D eigenvalue weighted by atomic mass is 127. The van der Waals surface area contributed by atoms with Crippen LogP contribution in [0.5, 0.6) is 17.2 Å². The summed E-state index contributed by atoms with van der Waals surface area (Å²) >= 11 is 2.16. The molecule has 0 aliphatic carbocycles. The molecule has 0 amide bonds. The second-order valence-electron chi connectivity index (χ2n) is 3.51. The predicted molar refractivity (Wildman–Crippen MR) is 76.3 cm³/mol. The molecule has 7 heteroatoms. The maximum absolute atomic E-state index is 12.3. The maximum Gasteiger partial charge on any atom is 0.488 e. The van der Waals surface area contributed by atoms with Gasteiger partial charge in [0.1, 0.15) is 17.2 Å². The molecule has 0 radical (unpaired) electrons. The van der Waals surface area contributed by atoms with E-state index in [2.05, 4.69) is 26.8 Å². The van der Waals surface area contributed by atoms with Gasteiger partial charge in [0, 0.05) is 3.57 Å². The summed E-state index contributed by atoms with van der Waals surface area (Å²) < 4.78 is 43.5. The van der Waals surface area contributed by atoms with Crippen molar-refractivity contribution in [1.82, 2.24) is 0 Å². The number of rotatable bonds is 4. The molecule has 0 aliphatic heterocycles. The first-order valence-corrected chi connectivity index (χ1v) is 7.49. The lowest BCUT2D eigenvalue weighted by molar-refractivity contribution is 0.438. The van der Waals surface area contributed by atoms with Crippen LogP contribution in [-0.2, 0) is 10.5 Å². The van der Waals surface area contributed by atoms with E-state index in [1.807, 2.05) is 18.2 Å². The van der Waals surface area contributed by atoms with E-state index in [0.717, 1.165) is 3.57 Å². The Bertz CT molecular complexity index is 670. The molecular weight excluding hydrogens is 386 g/mol. The van der Waals surface area contributed by atoms with Crippen molar-refractivity contribution in [2.24, 2.45) is 0 Å². The first-order chi connectivity index (χ1) is 8.92. The lowest BCUT2D eigenvalue weighted by Gasteiger charge is -2.06. The van der Waals surface area contributed by atoms with Crippen molar-refractivity contribution in [2.45, 2.75) is 0 Å². The second kappa shape index (κ2) is 5.74. The van der Waals surface area contributed by atoms with Crippen LogP contribution in [0.25, 0.3) is 0 Å². The van der Waals surface area contributed by atoms with Crippen LogP contribution < -0.4 is 8.92 Å². The lowest BCUT2D eigenvalue weighted by atomic mass is 10.3. The van der Waals surface area contributed by atoms with E-state index in [-0.39, 0.29) is 5.75 Å². The molecule has 2 aromatic rings. The molecule has 0 N–H and O–H groups in total. The molecule has 2 aromatic carbocycles. The third-order valence-corrected chi connectivity index (χ3v) is 3.11. The van der Waals surface area contributed by atoms with E-state index in [1.54, 1.807) is 6.07 Å². The van der Waals surface area contributed by atoms with Gasteiger partial charge >= 0.3 is 10.5 Å². The summed E-state index contributed by atoms with van der Waals surface area (Å²) in [7, 11) is -5.00. The monoisotopic (exact) mass is 394 g/mol. The van der Waals surface area contributed by atoms with Gasteiger partial charge < -0.3 is 8.92 Å². The van der Waals surface area contributed by atoms with Gasteiger partial charge in [0.15, 0.2) is 0 Å². The number of benzene rings is 2. The van der Waals surface area contributed by atoms with Crippen molar-refractivity contribution in [3.8, 4) is 17.2 Å². The van der Waals surface area contributed by atoms with Crippen molar-refractivity contribution in [3.05, 3.63) is 52.1 Å². The van der Waals surface area contributed by atoms with Gasteiger partial charge in [-0.05, 0) is 65.1 Å². The number of ether oxygens (including phenoxy) is 1. The van der Waals surface area contributed by atoms with E-state index in [0.29, 0.717) is 11.5 Å². The smallest absolute Gasteiger partial charge is 0.457 e. The van der Waals surface area contributed by atoms with Crippen LogP contribution in [0.1, 0.15) is 0 Å². The van der Waals surface area contributed by atoms with Gasteiger partial charge in [-0.2, -0.15) is 8.42 Å². The third-order valence-electron chi connectivity index (χ3n) is 2.05. The second-order valence-corrected chi connectivity index (χ2v) is 5.71. The van der Waals surface area contributed by atoms with E-state index in [1.165, 1.54) is 24.3 Å². The number of hydrogen-bond acceptors (Lipinski definition) is 4. The fourth-order valence-corrected chi connectivity index (χ4v) is 2.20. The Labute approximate surface area is 123 Å². The fraction of sp³-hybridized carbons (Fsp3) is 0. The van der Waals surface area contributed by atoms with Crippen LogP contribution in [0.2, 0.25) is 0 Å². The van der Waals surface area contributed by atoms with Crippen LogP contribution in [0.15, 0.2) is 48.5 Å². The van der Waals surface area contributed by atoms with Crippen molar-refractivity contribution in [2.75, 3.05) is 0 Å². The molecule has 0 unspecified atom stereocenters. The molecule has 100 valence electrons. The van der Waals surface area contributed by atoms with E-state index in [9.17, 15) is 12.3 Å². The fourth-order valence-electron chi connectivity index (χ4n) is 1.34. The highest BCUT2D eigenvalue weighted by molar-refractivity contribution is 14.1. The van der Waals surface area contributed by atoms with E-state index < -0.39 is 10.5 Å². The van der Waals surface area contributed by atoms with Crippen molar-refractivity contribution in [3.63, 3.8) is 0 Å². The Morgan fingerprint density at radius 3 is 2.16 bits per heavy atom. The van der Waals surface area contributed by atoms with E-state index in [4.69, 9.17) is 4.74 Å². The van der Waals surface area contributed by atoms with Gasteiger partial charge in [-0.25, -0.2) is 0 Å². The summed E-state index contributed by atoms with van der Waals surface area (Å²) in [6.45, 7) is 0. The van der Waals surface area contributed by atoms with Gasteiger partial charge in [0.05, 0.1) is 0 Å². The molecule has 0 heterocycles. The summed E-state index contributed by atoms with van der Waals surface area (Å²) in [5.41, 5.74) is 0. The standard InChI is InChI=1S/C12H8FIO4S/c13-19(15,16)18-11-6-4-10(5-7-11)17-12-3-1-2-9(14)8-12/h1-8H. The third kappa shape index (κ3) is 4.67. The van der Waals surface area contributed by atoms with E-state index >= 15 is 0 Å². The highest BCUT2D eigenvalue weighted by Gasteiger charge is 2.09. The summed E-state index contributed by atoms with van der Waals surface area (Å²) in [6.07, 6.45) is 0. The topological polar surface area (TPSA) is 52.6 Å². The van der Waals surface area contributed by atoms with Crippen LogP contribution in [0.4, 0.5) is 3.89 Å². The zero-order valence-corrected chi connectivity index (χ0v) is 12.4. The van der Waals surface area contributed by atoms with Crippen LogP contribution in [0.3, 0.4) is 0 Å². The molecule has 0 bridgehead atoms. The average molecular weight is 394 g/mol. The Kier molecular flexibility index (Phi) is 4.25. The van der Waals surface area contributed by atoms with Crippen molar-refractivity contribution >= 4 is 33.1 Å². The summed E-state index contributed by atoms with van der Waals surface area (Å²) in [4.78, 5) is 0. The molecule has 0 spiro atoms. The first kappa shape index (κ1) is 14.1. The van der Waals surface area contributed by atoms with Crippen LogP contribution in [-0.4, -0.2) is 8.42 Å². The Morgan fingerprint density at radius 1 is 0.947 bits per heavy atom. The summed E-state index contributed by atoms with van der Waals surface area (Å²) in [5.74, 6) is 1.03. The average Bonchev–Trinajstić information content (AvgIpc) is 2.30. The lowest BCUT2D eigenvalue weighted by Crippen LogP contribution is -2.00. The van der Waals surface area contributed by atoms with Gasteiger partial charge in [-0.1, -0.05) is 9.95 Å². The zero-order chi connectivity index (χ0) is 13.9. The molecule has 0 fully saturated rings. The molecule has 4 nitrogen and oxygen atoms in total. The minimum Gasteiger partial charge on any atom is -0.457 e. The Morgan fingerprint density at radius 2 is 1.58 bits per heavy atom. The maximum atomic E-state index is 12.3. The molecule has 0 saturated heterocycles. The Hall–Kier alpha value is -1.35. The molecule has 0 aliphatic rings. The molecule has 0 saturated carbocycles. The first-order valence-electron chi connectivity index (χ1n) is 5.10. The molecule has 19 heavy (non-hydrogen) atoms. The Balaban J connectivity index is 2.11. The van der Waals surface area contributed by atoms with Gasteiger partial charge in [-0.3, -0.25) is 0 Å². The van der Waals surface area contributed by atoms with Gasteiger partial charge in [-0.15, -0.1) is 0 Å². The minimum atomic E-state index is -5.00. The largest absolute Gasteiger partial charge is 0.488 e. The predicted octanol–water partition coefficient (Wildman–Crippen LogP) is 3.68. The summed E-state index contributed by atoms with van der Waals surface area (Å²) in [5, 5.41) is 0. The minimum absolute atomic E-state index is 0.113. The SMILES string of the molecule is O=S(=O)(F)Oc1ccc(Oc2cccc(I)c2)cc1. The normalized spacial score (nSPS) is 11.1. The van der Waals surface area contributed by atoms with Gasteiger partial charge in [0.2, 0.25) is 0 Å². The summed E-state index contributed by atoms with van der Waals surface area (Å²) in [6, 6.07) is 13.0. The van der Waals surface area contributed by atoms with Crippen LogP contribution >= 0.6 is 22.6 Å². The zero-order valence-electron chi connectivity index (χ0n) is 9.42. The molecule has 0 aromatic heterocycles. The molecular formula is C12H8FIO4S. The van der Waals surface area contributed by atoms with Crippen molar-refractivity contribution < 1.29 is 21.2 Å². The molecule has 2 rings (SSSR count). The molecule has 0 atom stereocenters. The quantitative estimate of drug-likeness (QED) is 0.587. The van der Waals surface area contributed by atoms with Crippen molar-refractivity contribution in [1.29, 1.82) is 0 Å². The highest BCUT2D eigenvalue weighted by Crippen LogP contribution is 2.25.